The number of anilines is 1. The van der Waals surface area contributed by atoms with E-state index >= 15 is 0 Å². The molecule has 1 aliphatic rings. The fourth-order valence-corrected chi connectivity index (χ4v) is 5.18. The Balaban J connectivity index is 1.80. The Hall–Kier alpha value is -2.05. The molecule has 3 rings (SSSR count). The van der Waals surface area contributed by atoms with Gasteiger partial charge in [-0.15, -0.1) is 0 Å². The Kier molecular flexibility index (Phi) is 6.30. The minimum absolute atomic E-state index is 0.00507. The van der Waals surface area contributed by atoms with Gasteiger partial charge in [-0.05, 0) is 47.7 Å². The molecule has 0 aliphatic carbocycles. The molecule has 0 bridgehead atoms. The summed E-state index contributed by atoms with van der Waals surface area (Å²) in [7, 11) is -3.10. The van der Waals surface area contributed by atoms with E-state index in [9.17, 15) is 13.2 Å². The molecule has 0 saturated carbocycles. The van der Waals surface area contributed by atoms with Crippen molar-refractivity contribution >= 4 is 33.2 Å². The van der Waals surface area contributed by atoms with Gasteiger partial charge in [0.25, 0.3) is 0 Å². The fraction of sp³-hybridized carbons (Fsp3) is 0.381. The number of halogens is 1. The number of nitrogens with one attached hydrogen (secondary N) is 1. The molecule has 2 aromatic rings. The molecule has 7 heteroatoms. The molecule has 1 aliphatic heterocycles. The predicted octanol–water partition coefficient (Wildman–Crippen LogP) is 4.68. The van der Waals surface area contributed by atoms with Crippen LogP contribution in [0.1, 0.15) is 37.3 Å². The lowest BCUT2D eigenvalue weighted by Crippen LogP contribution is -2.43. The molecule has 1 saturated heterocycles. The van der Waals surface area contributed by atoms with Crippen molar-refractivity contribution in [2.45, 2.75) is 38.8 Å². The molecule has 0 radical (unpaired) electrons. The number of urea groups is 1. The standard InChI is InChI=1S/C21H25ClN2O3S/c1-15(2)17-5-3-16(4-6-17)13-24(20-11-12-28(26,27)14-20)21(25)23-19-9-7-18(22)8-10-19/h3-10,15,20H,11-14H2,1-2H3,(H,23,25). The van der Waals surface area contributed by atoms with E-state index in [0.717, 1.165) is 5.56 Å². The SMILES string of the molecule is CC(C)c1ccc(CN(C(=O)Nc2ccc(Cl)cc2)C2CCS(=O)(=O)C2)cc1. The highest BCUT2D eigenvalue weighted by molar-refractivity contribution is 7.91. The van der Waals surface area contributed by atoms with Gasteiger partial charge >= 0.3 is 6.03 Å². The van der Waals surface area contributed by atoms with E-state index < -0.39 is 9.84 Å². The molecule has 5 nitrogen and oxygen atoms in total. The second-order valence-corrected chi connectivity index (χ2v) is 10.2. The van der Waals surface area contributed by atoms with E-state index in [2.05, 4.69) is 31.3 Å². The fourth-order valence-electron chi connectivity index (χ4n) is 3.32. The van der Waals surface area contributed by atoms with Crippen molar-refractivity contribution in [3.8, 4) is 0 Å². The van der Waals surface area contributed by atoms with Gasteiger partial charge in [0.15, 0.2) is 9.84 Å². The van der Waals surface area contributed by atoms with Crippen molar-refractivity contribution in [1.29, 1.82) is 0 Å². The summed E-state index contributed by atoms with van der Waals surface area (Å²) in [4.78, 5) is 14.6. The van der Waals surface area contributed by atoms with Crippen molar-refractivity contribution < 1.29 is 13.2 Å². The third-order valence-corrected chi connectivity index (χ3v) is 7.01. The van der Waals surface area contributed by atoms with Crippen LogP contribution in [0.4, 0.5) is 10.5 Å². The minimum atomic E-state index is -3.10. The maximum Gasteiger partial charge on any atom is 0.322 e. The molecule has 1 unspecified atom stereocenters. The predicted molar refractivity (Wildman–Crippen MR) is 114 cm³/mol. The van der Waals surface area contributed by atoms with Crippen LogP contribution < -0.4 is 5.32 Å². The minimum Gasteiger partial charge on any atom is -0.316 e. The smallest absolute Gasteiger partial charge is 0.316 e. The van der Waals surface area contributed by atoms with Gasteiger partial charge in [0, 0.05) is 23.3 Å². The van der Waals surface area contributed by atoms with E-state index in [1.807, 2.05) is 12.1 Å². The van der Waals surface area contributed by atoms with Crippen LogP contribution >= 0.6 is 11.6 Å². The lowest BCUT2D eigenvalue weighted by atomic mass is 10.0. The van der Waals surface area contributed by atoms with E-state index in [-0.39, 0.29) is 23.6 Å². The molecule has 28 heavy (non-hydrogen) atoms. The summed E-state index contributed by atoms with van der Waals surface area (Å²) < 4.78 is 23.9. The summed E-state index contributed by atoms with van der Waals surface area (Å²) in [6.45, 7) is 4.62. The third-order valence-electron chi connectivity index (χ3n) is 5.00. The zero-order valence-electron chi connectivity index (χ0n) is 16.1. The summed E-state index contributed by atoms with van der Waals surface area (Å²) in [5, 5.41) is 3.44. The zero-order chi connectivity index (χ0) is 20.3. The second kappa shape index (κ2) is 8.53. The molecule has 0 aromatic heterocycles. The Morgan fingerprint density at radius 2 is 1.79 bits per heavy atom. The van der Waals surface area contributed by atoms with E-state index in [1.54, 1.807) is 29.2 Å². The molecule has 2 amide bonds. The first-order valence-electron chi connectivity index (χ1n) is 9.36. The normalized spacial score (nSPS) is 18.2. The quantitative estimate of drug-likeness (QED) is 0.763. The van der Waals surface area contributed by atoms with E-state index in [1.165, 1.54) is 5.56 Å². The Bertz CT molecular complexity index is 925. The van der Waals surface area contributed by atoms with Crippen LogP contribution in [0.3, 0.4) is 0 Å². The van der Waals surface area contributed by atoms with Crippen molar-refractivity contribution in [3.63, 3.8) is 0 Å². The number of hydrogen-bond donors (Lipinski definition) is 1. The Morgan fingerprint density at radius 1 is 1.14 bits per heavy atom. The van der Waals surface area contributed by atoms with Gasteiger partial charge in [0.1, 0.15) is 0 Å². The van der Waals surface area contributed by atoms with Gasteiger partial charge < -0.3 is 10.2 Å². The van der Waals surface area contributed by atoms with Gasteiger partial charge in [-0.1, -0.05) is 49.7 Å². The van der Waals surface area contributed by atoms with Crippen LogP contribution in [0.15, 0.2) is 48.5 Å². The second-order valence-electron chi connectivity index (χ2n) is 7.52. The number of amides is 2. The van der Waals surface area contributed by atoms with Crippen LogP contribution in [0.2, 0.25) is 5.02 Å². The van der Waals surface area contributed by atoms with Gasteiger partial charge in [0.05, 0.1) is 11.5 Å². The van der Waals surface area contributed by atoms with Crippen LogP contribution in [0, 0.1) is 0 Å². The maximum atomic E-state index is 13.0. The topological polar surface area (TPSA) is 66.5 Å². The zero-order valence-corrected chi connectivity index (χ0v) is 17.6. The average molecular weight is 421 g/mol. The summed E-state index contributed by atoms with van der Waals surface area (Å²) in [6, 6.07) is 14.3. The number of benzene rings is 2. The number of sulfone groups is 1. The van der Waals surface area contributed by atoms with Crippen LogP contribution in [0.5, 0.6) is 0 Å². The summed E-state index contributed by atoms with van der Waals surface area (Å²) in [5.41, 5.74) is 2.82. The molecular weight excluding hydrogens is 396 g/mol. The molecule has 150 valence electrons. The lowest BCUT2D eigenvalue weighted by Gasteiger charge is -2.28. The van der Waals surface area contributed by atoms with Gasteiger partial charge in [-0.3, -0.25) is 0 Å². The number of rotatable bonds is 5. The monoisotopic (exact) mass is 420 g/mol. The van der Waals surface area contributed by atoms with Crippen molar-refractivity contribution in [3.05, 3.63) is 64.7 Å². The first-order valence-corrected chi connectivity index (χ1v) is 11.6. The number of hydrogen-bond acceptors (Lipinski definition) is 3. The lowest BCUT2D eigenvalue weighted by molar-refractivity contribution is 0.190. The highest BCUT2D eigenvalue weighted by Gasteiger charge is 2.34. The summed E-state index contributed by atoms with van der Waals surface area (Å²) in [5.74, 6) is 0.554. The average Bonchev–Trinajstić information content (AvgIpc) is 3.01. The van der Waals surface area contributed by atoms with Gasteiger partial charge in [-0.25, -0.2) is 13.2 Å². The summed E-state index contributed by atoms with van der Waals surface area (Å²) in [6.07, 6.45) is 0.459. The Morgan fingerprint density at radius 3 is 2.32 bits per heavy atom. The van der Waals surface area contributed by atoms with Crippen molar-refractivity contribution in [2.75, 3.05) is 16.8 Å². The van der Waals surface area contributed by atoms with E-state index in [0.29, 0.717) is 29.6 Å². The Labute approximate surface area is 171 Å². The number of carbonyl (C=O) groups excluding carboxylic acids is 1. The van der Waals surface area contributed by atoms with Crippen LogP contribution in [-0.4, -0.2) is 36.9 Å². The highest BCUT2D eigenvalue weighted by Crippen LogP contribution is 2.23. The number of nitrogens with zero attached hydrogens (tertiary/aromatic N) is 1. The molecule has 1 heterocycles. The summed E-state index contributed by atoms with van der Waals surface area (Å²) >= 11 is 5.90. The first kappa shape index (κ1) is 20.7. The van der Waals surface area contributed by atoms with Crippen LogP contribution in [0.25, 0.3) is 0 Å². The third kappa shape index (κ3) is 5.26. The molecule has 1 atom stereocenters. The van der Waals surface area contributed by atoms with Gasteiger partial charge in [0.2, 0.25) is 0 Å². The largest absolute Gasteiger partial charge is 0.322 e. The van der Waals surface area contributed by atoms with Crippen molar-refractivity contribution in [2.24, 2.45) is 0 Å². The van der Waals surface area contributed by atoms with Gasteiger partial charge in [-0.2, -0.15) is 0 Å². The van der Waals surface area contributed by atoms with Crippen LogP contribution in [-0.2, 0) is 16.4 Å². The van der Waals surface area contributed by atoms with Crippen molar-refractivity contribution in [1.82, 2.24) is 4.90 Å². The molecule has 1 fully saturated rings. The van der Waals surface area contributed by atoms with E-state index in [4.69, 9.17) is 11.6 Å². The number of carbonyl (C=O) groups is 1. The maximum absolute atomic E-state index is 13.0. The molecule has 0 spiro atoms. The molecule has 2 aromatic carbocycles. The first-order chi connectivity index (χ1) is 13.2. The highest BCUT2D eigenvalue weighted by atomic mass is 35.5. The molecular formula is C21H25ClN2O3S. The molecule has 1 N–H and O–H groups in total.